The summed E-state index contributed by atoms with van der Waals surface area (Å²) in [5.74, 6) is -1.86. The largest absolute Gasteiger partial charge is 0.480 e. The fraction of sp³-hybridized carbons (Fsp3) is 0.438. The minimum absolute atomic E-state index is 0.0163. The highest BCUT2D eigenvalue weighted by Crippen LogP contribution is 2.06. The number of hydrogen-bond donors (Lipinski definition) is 3. The number of benzene rings is 1. The molecule has 0 aromatic heterocycles. The predicted molar refractivity (Wildman–Crippen MR) is 84.4 cm³/mol. The van der Waals surface area contributed by atoms with Crippen molar-refractivity contribution in [2.45, 2.75) is 32.4 Å². The third-order valence-corrected chi connectivity index (χ3v) is 3.04. The molecule has 7 heteroatoms. The molecule has 0 spiro atoms. The van der Waals surface area contributed by atoms with Crippen molar-refractivity contribution in [3.05, 3.63) is 35.4 Å². The maximum atomic E-state index is 12.1. The highest BCUT2D eigenvalue weighted by atomic mass is 16.5. The Morgan fingerprint density at radius 1 is 1.04 bits per heavy atom. The summed E-state index contributed by atoms with van der Waals surface area (Å²) < 4.78 is 4.82. The van der Waals surface area contributed by atoms with Gasteiger partial charge in [0.2, 0.25) is 0 Å². The smallest absolute Gasteiger partial charge is 0.326 e. The number of carbonyl (C=O) groups excluding carboxylic acids is 2. The third kappa shape index (κ3) is 6.07. The standard InChI is InChI=1S/C16H22N2O5/c1-10(2)17-14(19)11-4-6-12(7-5-11)15(20)18-13(16(21)22)8-9-23-3/h4-7,10,13H,8-9H2,1-3H3,(H,17,19)(H,18,20)(H,21,22). The molecule has 0 saturated heterocycles. The van der Waals surface area contributed by atoms with Crippen LogP contribution in [0.4, 0.5) is 0 Å². The molecule has 1 aromatic carbocycles. The Kier molecular flexibility index (Phi) is 7.21. The van der Waals surface area contributed by atoms with Gasteiger partial charge in [-0.25, -0.2) is 4.79 Å². The first-order valence-electron chi connectivity index (χ1n) is 7.28. The quantitative estimate of drug-likeness (QED) is 0.663. The molecule has 0 saturated carbocycles. The van der Waals surface area contributed by atoms with Crippen molar-refractivity contribution in [3.63, 3.8) is 0 Å². The van der Waals surface area contributed by atoms with Gasteiger partial charge in [-0.05, 0) is 38.1 Å². The lowest BCUT2D eigenvalue weighted by molar-refractivity contribution is -0.139. The lowest BCUT2D eigenvalue weighted by Crippen LogP contribution is -2.41. The molecule has 0 aliphatic heterocycles. The number of hydrogen-bond acceptors (Lipinski definition) is 4. The molecular formula is C16H22N2O5. The first-order valence-corrected chi connectivity index (χ1v) is 7.28. The molecule has 2 amide bonds. The first-order chi connectivity index (χ1) is 10.8. The van der Waals surface area contributed by atoms with Gasteiger partial charge in [-0.15, -0.1) is 0 Å². The second kappa shape index (κ2) is 8.89. The van der Waals surface area contributed by atoms with Crippen molar-refractivity contribution < 1.29 is 24.2 Å². The molecule has 0 aliphatic carbocycles. The first kappa shape index (κ1) is 18.6. The summed E-state index contributed by atoms with van der Waals surface area (Å²) in [5, 5.41) is 14.2. The van der Waals surface area contributed by atoms with Crippen molar-refractivity contribution in [3.8, 4) is 0 Å². The number of aliphatic carboxylic acids is 1. The van der Waals surface area contributed by atoms with Crippen LogP contribution >= 0.6 is 0 Å². The van der Waals surface area contributed by atoms with Gasteiger partial charge in [-0.3, -0.25) is 9.59 Å². The highest BCUT2D eigenvalue weighted by molar-refractivity contribution is 5.99. The van der Waals surface area contributed by atoms with Gasteiger partial charge < -0.3 is 20.5 Å². The monoisotopic (exact) mass is 322 g/mol. The van der Waals surface area contributed by atoms with Gasteiger partial charge in [0, 0.05) is 37.3 Å². The van der Waals surface area contributed by atoms with E-state index < -0.39 is 17.9 Å². The van der Waals surface area contributed by atoms with Crippen molar-refractivity contribution >= 4 is 17.8 Å². The van der Waals surface area contributed by atoms with Gasteiger partial charge in [-0.2, -0.15) is 0 Å². The predicted octanol–water partition coefficient (Wildman–Crippen LogP) is 1.04. The van der Waals surface area contributed by atoms with Crippen molar-refractivity contribution in [2.75, 3.05) is 13.7 Å². The summed E-state index contributed by atoms with van der Waals surface area (Å²) in [7, 11) is 1.46. The molecule has 3 N–H and O–H groups in total. The number of carbonyl (C=O) groups is 3. The van der Waals surface area contributed by atoms with E-state index in [0.717, 1.165) is 0 Å². The summed E-state index contributed by atoms with van der Waals surface area (Å²) in [6.45, 7) is 3.93. The second-order valence-electron chi connectivity index (χ2n) is 5.35. The summed E-state index contributed by atoms with van der Waals surface area (Å²) in [6, 6.07) is 5.02. The molecule has 126 valence electrons. The van der Waals surface area contributed by atoms with E-state index >= 15 is 0 Å². The van der Waals surface area contributed by atoms with E-state index in [1.54, 1.807) is 0 Å². The summed E-state index contributed by atoms with van der Waals surface area (Å²) in [6.07, 6.45) is 0.173. The number of carboxylic acids is 1. The van der Waals surface area contributed by atoms with Gasteiger partial charge in [0.05, 0.1) is 0 Å². The number of ether oxygens (including phenoxy) is 1. The minimum atomic E-state index is -1.12. The average Bonchev–Trinajstić information content (AvgIpc) is 2.50. The van der Waals surface area contributed by atoms with Crippen LogP contribution in [0.2, 0.25) is 0 Å². The Morgan fingerprint density at radius 3 is 1.91 bits per heavy atom. The zero-order valence-corrected chi connectivity index (χ0v) is 13.5. The Hall–Kier alpha value is -2.41. The molecular weight excluding hydrogens is 300 g/mol. The van der Waals surface area contributed by atoms with Crippen LogP contribution in [0.15, 0.2) is 24.3 Å². The van der Waals surface area contributed by atoms with Crippen LogP contribution in [0.1, 0.15) is 41.0 Å². The van der Waals surface area contributed by atoms with Crippen LogP contribution in [0.3, 0.4) is 0 Å². The summed E-state index contributed by atoms with van der Waals surface area (Å²) in [4.78, 5) is 35.0. The normalized spacial score (nSPS) is 11.8. The summed E-state index contributed by atoms with van der Waals surface area (Å²) >= 11 is 0. The maximum absolute atomic E-state index is 12.1. The van der Waals surface area contributed by atoms with Gasteiger partial charge >= 0.3 is 5.97 Å². The number of carboxylic acid groups (broad SMARTS) is 1. The lowest BCUT2D eigenvalue weighted by Gasteiger charge is -2.14. The molecule has 0 aliphatic rings. The molecule has 0 bridgehead atoms. The molecule has 1 aromatic rings. The molecule has 0 radical (unpaired) electrons. The molecule has 7 nitrogen and oxygen atoms in total. The second-order valence-corrected chi connectivity index (χ2v) is 5.35. The van der Waals surface area contributed by atoms with Crippen LogP contribution in [0, 0.1) is 0 Å². The lowest BCUT2D eigenvalue weighted by atomic mass is 10.1. The van der Waals surface area contributed by atoms with E-state index in [-0.39, 0.29) is 30.5 Å². The van der Waals surface area contributed by atoms with Crippen molar-refractivity contribution in [2.24, 2.45) is 0 Å². The van der Waals surface area contributed by atoms with E-state index in [1.807, 2.05) is 13.8 Å². The van der Waals surface area contributed by atoms with Gasteiger partial charge in [0.25, 0.3) is 11.8 Å². The molecule has 1 rings (SSSR count). The molecule has 1 unspecified atom stereocenters. The Balaban J connectivity index is 2.73. The van der Waals surface area contributed by atoms with Crippen LogP contribution in [0.5, 0.6) is 0 Å². The topological polar surface area (TPSA) is 105 Å². The van der Waals surface area contributed by atoms with Crippen LogP contribution in [-0.2, 0) is 9.53 Å². The van der Waals surface area contributed by atoms with E-state index in [4.69, 9.17) is 9.84 Å². The van der Waals surface area contributed by atoms with Gasteiger partial charge in [0.1, 0.15) is 6.04 Å². The molecule has 0 heterocycles. The number of amides is 2. The summed E-state index contributed by atoms with van der Waals surface area (Å²) in [5.41, 5.74) is 0.721. The minimum Gasteiger partial charge on any atom is -0.480 e. The number of nitrogens with one attached hydrogen (secondary N) is 2. The van der Waals surface area contributed by atoms with Gasteiger partial charge in [0.15, 0.2) is 0 Å². The Morgan fingerprint density at radius 2 is 1.52 bits per heavy atom. The fourth-order valence-corrected chi connectivity index (χ4v) is 1.85. The SMILES string of the molecule is COCCC(NC(=O)c1ccc(C(=O)NC(C)C)cc1)C(=O)O. The fourth-order valence-electron chi connectivity index (χ4n) is 1.85. The van der Waals surface area contributed by atoms with Crippen LogP contribution in [0.25, 0.3) is 0 Å². The Bertz CT molecular complexity index is 554. The average molecular weight is 322 g/mol. The maximum Gasteiger partial charge on any atom is 0.326 e. The van der Waals surface area contributed by atoms with Crippen LogP contribution in [-0.4, -0.2) is 48.7 Å². The van der Waals surface area contributed by atoms with Crippen molar-refractivity contribution in [1.82, 2.24) is 10.6 Å². The highest BCUT2D eigenvalue weighted by Gasteiger charge is 2.20. The van der Waals surface area contributed by atoms with Crippen LogP contribution < -0.4 is 10.6 Å². The molecule has 23 heavy (non-hydrogen) atoms. The van der Waals surface area contributed by atoms with E-state index in [2.05, 4.69) is 10.6 Å². The van der Waals surface area contributed by atoms with E-state index in [1.165, 1.54) is 31.4 Å². The van der Waals surface area contributed by atoms with Crippen molar-refractivity contribution in [1.29, 1.82) is 0 Å². The third-order valence-electron chi connectivity index (χ3n) is 3.04. The zero-order chi connectivity index (χ0) is 17.4. The Labute approximate surface area is 135 Å². The molecule has 0 fully saturated rings. The number of methoxy groups -OCH3 is 1. The molecule has 1 atom stereocenters. The number of rotatable bonds is 8. The zero-order valence-electron chi connectivity index (χ0n) is 13.5. The van der Waals surface area contributed by atoms with E-state index in [9.17, 15) is 14.4 Å². The van der Waals surface area contributed by atoms with E-state index in [0.29, 0.717) is 5.56 Å². The van der Waals surface area contributed by atoms with Gasteiger partial charge in [-0.1, -0.05) is 0 Å².